The predicted octanol–water partition coefficient (Wildman–Crippen LogP) is 1.44. The molecule has 0 fully saturated rings. The standard InChI is InChI=1S/C19H21N3O5S/c1-21(28(2,25)26)11-14-7-9-15(10-8-14)27-13-19(24)22-12-18(23)20-16-5-3-4-6-17(16)22/h3-10H,11-13H2,1-2H3,(H,20,23). The number of hydrogen-bond acceptors (Lipinski definition) is 5. The van der Waals surface area contributed by atoms with E-state index < -0.39 is 10.0 Å². The maximum absolute atomic E-state index is 12.6. The number of nitrogens with one attached hydrogen (secondary N) is 1. The summed E-state index contributed by atoms with van der Waals surface area (Å²) >= 11 is 0. The zero-order chi connectivity index (χ0) is 20.3. The average molecular weight is 403 g/mol. The van der Waals surface area contributed by atoms with E-state index in [-0.39, 0.29) is 31.5 Å². The van der Waals surface area contributed by atoms with E-state index in [4.69, 9.17) is 4.74 Å². The van der Waals surface area contributed by atoms with Crippen molar-refractivity contribution in [2.45, 2.75) is 6.54 Å². The summed E-state index contributed by atoms with van der Waals surface area (Å²) in [5, 5.41) is 2.73. The lowest BCUT2D eigenvalue weighted by Gasteiger charge is -2.29. The van der Waals surface area contributed by atoms with Gasteiger partial charge in [0.1, 0.15) is 12.3 Å². The van der Waals surface area contributed by atoms with Crippen LogP contribution in [-0.2, 0) is 26.2 Å². The molecule has 1 aliphatic rings. The molecule has 0 saturated heterocycles. The summed E-state index contributed by atoms with van der Waals surface area (Å²) in [5.41, 5.74) is 2.02. The molecular formula is C19H21N3O5S. The molecule has 0 radical (unpaired) electrons. The minimum atomic E-state index is -3.25. The van der Waals surface area contributed by atoms with Crippen molar-refractivity contribution < 1.29 is 22.7 Å². The van der Waals surface area contributed by atoms with E-state index in [1.165, 1.54) is 16.3 Å². The Morgan fingerprint density at radius 3 is 2.54 bits per heavy atom. The maximum atomic E-state index is 12.6. The first kappa shape index (κ1) is 19.8. The highest BCUT2D eigenvalue weighted by Gasteiger charge is 2.26. The summed E-state index contributed by atoms with van der Waals surface area (Å²) in [6, 6.07) is 13.9. The average Bonchev–Trinajstić information content (AvgIpc) is 2.65. The van der Waals surface area contributed by atoms with E-state index in [0.717, 1.165) is 11.8 Å². The van der Waals surface area contributed by atoms with Gasteiger partial charge in [0.05, 0.1) is 17.6 Å². The van der Waals surface area contributed by atoms with Crippen LogP contribution in [0.2, 0.25) is 0 Å². The molecule has 0 bridgehead atoms. The fraction of sp³-hybridized carbons (Fsp3) is 0.263. The van der Waals surface area contributed by atoms with Crippen molar-refractivity contribution in [3.63, 3.8) is 0 Å². The normalized spacial score (nSPS) is 13.8. The molecule has 28 heavy (non-hydrogen) atoms. The van der Waals surface area contributed by atoms with Gasteiger partial charge >= 0.3 is 0 Å². The molecule has 8 nitrogen and oxygen atoms in total. The van der Waals surface area contributed by atoms with Crippen molar-refractivity contribution in [2.24, 2.45) is 0 Å². The van der Waals surface area contributed by atoms with E-state index in [1.807, 2.05) is 0 Å². The Balaban J connectivity index is 1.62. The molecule has 0 unspecified atom stereocenters. The molecule has 0 atom stereocenters. The number of sulfonamides is 1. The van der Waals surface area contributed by atoms with Crippen molar-refractivity contribution in [3.8, 4) is 5.75 Å². The molecule has 1 heterocycles. The molecule has 0 aromatic heterocycles. The van der Waals surface area contributed by atoms with Crippen LogP contribution in [0.5, 0.6) is 5.75 Å². The third kappa shape index (κ3) is 4.68. The fourth-order valence-electron chi connectivity index (χ4n) is 2.74. The summed E-state index contributed by atoms with van der Waals surface area (Å²) < 4.78 is 29.7. The van der Waals surface area contributed by atoms with Crippen molar-refractivity contribution in [2.75, 3.05) is 36.7 Å². The SMILES string of the molecule is CN(Cc1ccc(OCC(=O)N2CC(=O)Nc3ccccc32)cc1)S(C)(=O)=O. The van der Waals surface area contributed by atoms with Gasteiger partial charge in [-0.05, 0) is 29.8 Å². The van der Waals surface area contributed by atoms with Gasteiger partial charge in [-0.15, -0.1) is 0 Å². The summed E-state index contributed by atoms with van der Waals surface area (Å²) in [4.78, 5) is 25.8. The van der Waals surface area contributed by atoms with Gasteiger partial charge in [-0.3, -0.25) is 14.5 Å². The first-order valence-electron chi connectivity index (χ1n) is 8.56. The van der Waals surface area contributed by atoms with Gasteiger partial charge in [-0.2, -0.15) is 0 Å². The largest absolute Gasteiger partial charge is 0.484 e. The number of ether oxygens (including phenoxy) is 1. The minimum Gasteiger partial charge on any atom is -0.484 e. The fourth-order valence-corrected chi connectivity index (χ4v) is 3.13. The van der Waals surface area contributed by atoms with Crippen LogP contribution in [0.1, 0.15) is 5.56 Å². The highest BCUT2D eigenvalue weighted by molar-refractivity contribution is 7.88. The Bertz CT molecular complexity index is 989. The quantitative estimate of drug-likeness (QED) is 0.787. The van der Waals surface area contributed by atoms with Gasteiger partial charge < -0.3 is 10.1 Å². The summed E-state index contributed by atoms with van der Waals surface area (Å²) in [7, 11) is -1.75. The lowest BCUT2D eigenvalue weighted by atomic mass is 10.2. The molecular weight excluding hydrogens is 382 g/mol. The summed E-state index contributed by atoms with van der Waals surface area (Å²) in [6.07, 6.45) is 1.15. The second-order valence-electron chi connectivity index (χ2n) is 6.50. The molecule has 0 spiro atoms. The Hall–Kier alpha value is -2.91. The number of para-hydroxylation sites is 2. The first-order valence-corrected chi connectivity index (χ1v) is 10.4. The van der Waals surface area contributed by atoms with Crippen LogP contribution in [0.4, 0.5) is 11.4 Å². The van der Waals surface area contributed by atoms with Crippen molar-refractivity contribution in [3.05, 3.63) is 54.1 Å². The zero-order valence-electron chi connectivity index (χ0n) is 15.6. The molecule has 9 heteroatoms. The van der Waals surface area contributed by atoms with Gasteiger partial charge in [0.15, 0.2) is 6.61 Å². The van der Waals surface area contributed by atoms with Crippen LogP contribution in [0.15, 0.2) is 48.5 Å². The molecule has 148 valence electrons. The van der Waals surface area contributed by atoms with Gasteiger partial charge in [0.2, 0.25) is 15.9 Å². The van der Waals surface area contributed by atoms with Crippen LogP contribution in [0.3, 0.4) is 0 Å². The third-order valence-corrected chi connectivity index (χ3v) is 5.59. The molecule has 2 amide bonds. The topological polar surface area (TPSA) is 96.0 Å². The van der Waals surface area contributed by atoms with Crippen LogP contribution >= 0.6 is 0 Å². The van der Waals surface area contributed by atoms with Crippen LogP contribution < -0.4 is 15.0 Å². The Morgan fingerprint density at radius 2 is 1.86 bits per heavy atom. The number of fused-ring (bicyclic) bond motifs is 1. The number of amides is 2. The van der Waals surface area contributed by atoms with Crippen molar-refractivity contribution in [1.29, 1.82) is 0 Å². The maximum Gasteiger partial charge on any atom is 0.265 e. The lowest BCUT2D eigenvalue weighted by molar-refractivity contribution is -0.123. The first-order chi connectivity index (χ1) is 13.2. The van der Waals surface area contributed by atoms with Crippen LogP contribution in [0, 0.1) is 0 Å². The van der Waals surface area contributed by atoms with Gasteiger partial charge in [-0.1, -0.05) is 24.3 Å². The van der Waals surface area contributed by atoms with Gasteiger partial charge in [0.25, 0.3) is 5.91 Å². The number of anilines is 2. The van der Waals surface area contributed by atoms with Crippen LogP contribution in [0.25, 0.3) is 0 Å². The van der Waals surface area contributed by atoms with Crippen molar-refractivity contribution >= 4 is 33.2 Å². The molecule has 2 aromatic carbocycles. The van der Waals surface area contributed by atoms with E-state index >= 15 is 0 Å². The molecule has 0 aliphatic carbocycles. The highest BCUT2D eigenvalue weighted by atomic mass is 32.2. The van der Waals surface area contributed by atoms with E-state index in [0.29, 0.717) is 17.1 Å². The van der Waals surface area contributed by atoms with E-state index in [2.05, 4.69) is 5.32 Å². The summed E-state index contributed by atoms with van der Waals surface area (Å²) in [5.74, 6) is -0.108. The van der Waals surface area contributed by atoms with E-state index in [9.17, 15) is 18.0 Å². The van der Waals surface area contributed by atoms with Gasteiger partial charge in [-0.25, -0.2) is 12.7 Å². The molecule has 0 saturated carbocycles. The second kappa shape index (κ2) is 7.99. The Kier molecular flexibility index (Phi) is 5.66. The number of benzene rings is 2. The number of carbonyl (C=O) groups is 2. The molecule has 3 rings (SSSR count). The Morgan fingerprint density at radius 1 is 1.18 bits per heavy atom. The molecule has 2 aromatic rings. The monoisotopic (exact) mass is 403 g/mol. The molecule has 1 aliphatic heterocycles. The minimum absolute atomic E-state index is 0.0596. The highest BCUT2D eigenvalue weighted by Crippen LogP contribution is 2.29. The number of carbonyl (C=O) groups excluding carboxylic acids is 2. The van der Waals surface area contributed by atoms with Crippen LogP contribution in [-0.4, -0.2) is 51.0 Å². The van der Waals surface area contributed by atoms with E-state index in [1.54, 1.807) is 48.5 Å². The van der Waals surface area contributed by atoms with Gasteiger partial charge in [0, 0.05) is 13.6 Å². The Labute approximate surface area is 163 Å². The lowest BCUT2D eigenvalue weighted by Crippen LogP contribution is -2.44. The number of nitrogens with zero attached hydrogens (tertiary/aromatic N) is 2. The zero-order valence-corrected chi connectivity index (χ0v) is 16.4. The smallest absolute Gasteiger partial charge is 0.265 e. The third-order valence-electron chi connectivity index (χ3n) is 4.33. The number of hydrogen-bond donors (Lipinski definition) is 1. The van der Waals surface area contributed by atoms with Crippen molar-refractivity contribution in [1.82, 2.24) is 4.31 Å². The molecule has 1 N–H and O–H groups in total. The second-order valence-corrected chi connectivity index (χ2v) is 8.59. The number of rotatable bonds is 6. The predicted molar refractivity (Wildman–Crippen MR) is 106 cm³/mol. The summed E-state index contributed by atoms with van der Waals surface area (Å²) in [6.45, 7) is -0.0299.